The zero-order valence-electron chi connectivity index (χ0n) is 15.3. The minimum atomic E-state index is -1.59. The lowest BCUT2D eigenvalue weighted by Crippen LogP contribution is -2.54. The summed E-state index contributed by atoms with van der Waals surface area (Å²) in [7, 11) is -1.59. The number of nitrogens with zero attached hydrogens (tertiary/aromatic N) is 2. The first-order valence-electron chi connectivity index (χ1n) is 8.34. The molecule has 4 atom stereocenters. The number of hydrogen-bond donors (Lipinski definition) is 2. The number of aliphatic hydroxyl groups excluding tert-OH is 1. The van der Waals surface area contributed by atoms with Crippen molar-refractivity contribution in [3.63, 3.8) is 0 Å². The van der Waals surface area contributed by atoms with E-state index in [1.807, 2.05) is 27.7 Å². The van der Waals surface area contributed by atoms with Gasteiger partial charge in [-0.1, -0.05) is 20.0 Å². The Balaban J connectivity index is 2.41. The van der Waals surface area contributed by atoms with Crippen LogP contribution in [0.2, 0.25) is 13.1 Å². The number of aromatic nitrogens is 2. The van der Waals surface area contributed by atoms with E-state index in [2.05, 4.69) is 18.1 Å². The molecule has 1 aliphatic heterocycles. The standard InChI is InChI=1S/C16H29N3O4Si/c1-10-13(20)11(9-22-15(2,3)4)23-16(10,24(5)6)19-8-7-12(17)18-14(19)21/h7-8,10-11,13,20,24H,9H2,1-6H3,(H2,17,18,21)/t10-,11-,13+,16+/m1/s1. The lowest BCUT2D eigenvalue weighted by atomic mass is 10.0. The van der Waals surface area contributed by atoms with Gasteiger partial charge in [-0.3, -0.25) is 4.57 Å². The zero-order chi connectivity index (χ0) is 18.3. The topological polar surface area (TPSA) is 99.6 Å². The molecule has 0 bridgehead atoms. The molecule has 0 amide bonds. The van der Waals surface area contributed by atoms with Gasteiger partial charge in [0.15, 0.2) is 0 Å². The Labute approximate surface area is 144 Å². The van der Waals surface area contributed by atoms with Crippen LogP contribution in [0.25, 0.3) is 0 Å². The highest BCUT2D eigenvalue weighted by molar-refractivity contribution is 6.58. The third kappa shape index (κ3) is 3.42. The maximum Gasteiger partial charge on any atom is 0.351 e. The van der Waals surface area contributed by atoms with Gasteiger partial charge in [-0.05, 0) is 26.8 Å². The number of nitrogen functional groups attached to an aromatic ring is 1. The fourth-order valence-corrected chi connectivity index (χ4v) is 5.80. The van der Waals surface area contributed by atoms with E-state index >= 15 is 0 Å². The second-order valence-electron chi connectivity index (χ2n) is 7.77. The van der Waals surface area contributed by atoms with Crippen LogP contribution < -0.4 is 11.4 Å². The molecular weight excluding hydrogens is 326 g/mol. The Morgan fingerprint density at radius 1 is 1.50 bits per heavy atom. The van der Waals surface area contributed by atoms with E-state index in [1.165, 1.54) is 4.57 Å². The van der Waals surface area contributed by atoms with Crippen molar-refractivity contribution in [1.82, 2.24) is 9.55 Å². The molecule has 1 aromatic heterocycles. The van der Waals surface area contributed by atoms with E-state index in [1.54, 1.807) is 12.3 Å². The zero-order valence-corrected chi connectivity index (χ0v) is 16.5. The SMILES string of the molecule is C[C@@H]1[C@H](O)[C@@H](COC(C)(C)C)O[C@]1(n1ccc(N)nc1=O)[SiH](C)C. The van der Waals surface area contributed by atoms with Crippen molar-refractivity contribution in [3.05, 3.63) is 22.7 Å². The smallest absolute Gasteiger partial charge is 0.351 e. The lowest BCUT2D eigenvalue weighted by Gasteiger charge is -2.38. The summed E-state index contributed by atoms with van der Waals surface area (Å²) in [5.41, 5.74) is 4.83. The summed E-state index contributed by atoms with van der Waals surface area (Å²) in [6.07, 6.45) is 0.415. The number of hydrogen-bond acceptors (Lipinski definition) is 6. The van der Waals surface area contributed by atoms with Gasteiger partial charge in [0.1, 0.15) is 17.3 Å². The summed E-state index contributed by atoms with van der Waals surface area (Å²) in [5, 5.41) is 9.84. The van der Waals surface area contributed by atoms with Crippen molar-refractivity contribution in [2.45, 2.75) is 63.9 Å². The number of rotatable bonds is 4. The normalized spacial score (nSPS) is 30.9. The lowest BCUT2D eigenvalue weighted by molar-refractivity contribution is -0.116. The quantitative estimate of drug-likeness (QED) is 0.772. The van der Waals surface area contributed by atoms with Gasteiger partial charge in [-0.25, -0.2) is 4.79 Å². The van der Waals surface area contributed by atoms with Gasteiger partial charge in [-0.2, -0.15) is 4.98 Å². The summed E-state index contributed by atoms with van der Waals surface area (Å²) >= 11 is 0. The first kappa shape index (κ1) is 19.1. The Hall–Kier alpha value is -1.22. The first-order chi connectivity index (χ1) is 11.0. The predicted molar refractivity (Wildman–Crippen MR) is 95.5 cm³/mol. The van der Waals surface area contributed by atoms with Gasteiger partial charge in [-0.15, -0.1) is 0 Å². The molecule has 1 aromatic rings. The molecule has 1 saturated heterocycles. The Kier molecular flexibility index (Phi) is 5.24. The first-order valence-corrected chi connectivity index (χ1v) is 11.2. The van der Waals surface area contributed by atoms with Crippen molar-refractivity contribution in [1.29, 1.82) is 0 Å². The van der Waals surface area contributed by atoms with E-state index in [0.29, 0.717) is 0 Å². The fourth-order valence-electron chi connectivity index (χ4n) is 3.35. The van der Waals surface area contributed by atoms with Crippen molar-refractivity contribution < 1.29 is 14.6 Å². The maximum atomic E-state index is 12.4. The van der Waals surface area contributed by atoms with Crippen molar-refractivity contribution >= 4 is 14.6 Å². The Morgan fingerprint density at radius 2 is 2.12 bits per heavy atom. The third-order valence-electron chi connectivity index (χ3n) is 4.60. The molecule has 0 unspecified atom stereocenters. The van der Waals surface area contributed by atoms with Crippen LogP contribution in [-0.2, 0) is 14.8 Å². The monoisotopic (exact) mass is 355 g/mol. The third-order valence-corrected chi connectivity index (χ3v) is 7.19. The van der Waals surface area contributed by atoms with Gasteiger partial charge in [0.2, 0.25) is 0 Å². The molecule has 7 nitrogen and oxygen atoms in total. The van der Waals surface area contributed by atoms with Crippen LogP contribution in [0.15, 0.2) is 17.1 Å². The van der Waals surface area contributed by atoms with E-state index in [9.17, 15) is 9.90 Å². The summed E-state index contributed by atoms with van der Waals surface area (Å²) in [6, 6.07) is 1.58. The van der Waals surface area contributed by atoms with Crippen molar-refractivity contribution in [3.8, 4) is 0 Å². The fraction of sp³-hybridized carbons (Fsp3) is 0.750. The maximum absolute atomic E-state index is 12.4. The molecule has 136 valence electrons. The number of ether oxygens (including phenoxy) is 2. The molecule has 0 saturated carbocycles. The second-order valence-corrected chi connectivity index (χ2v) is 10.9. The molecule has 3 N–H and O–H groups in total. The van der Waals surface area contributed by atoms with E-state index < -0.39 is 32.0 Å². The molecule has 0 aliphatic carbocycles. The van der Waals surface area contributed by atoms with Crippen LogP contribution in [0.5, 0.6) is 0 Å². The van der Waals surface area contributed by atoms with Gasteiger partial charge in [0, 0.05) is 12.1 Å². The van der Waals surface area contributed by atoms with E-state index in [-0.39, 0.29) is 23.9 Å². The average molecular weight is 356 g/mol. The molecule has 8 heteroatoms. The van der Waals surface area contributed by atoms with Crippen LogP contribution in [-0.4, -0.2) is 47.9 Å². The highest BCUT2D eigenvalue weighted by Gasteiger charge is 2.56. The summed E-state index contributed by atoms with van der Waals surface area (Å²) in [5.74, 6) is -0.0727. The average Bonchev–Trinajstić information content (AvgIpc) is 2.70. The van der Waals surface area contributed by atoms with Crippen molar-refractivity contribution in [2.75, 3.05) is 12.3 Å². The van der Waals surface area contributed by atoms with Crippen LogP contribution >= 0.6 is 0 Å². The summed E-state index contributed by atoms with van der Waals surface area (Å²) in [4.78, 5) is 16.2. The van der Waals surface area contributed by atoms with Crippen molar-refractivity contribution in [2.24, 2.45) is 5.92 Å². The van der Waals surface area contributed by atoms with Gasteiger partial charge in [0.05, 0.1) is 27.1 Å². The summed E-state index contributed by atoms with van der Waals surface area (Å²) < 4.78 is 13.6. The number of nitrogens with two attached hydrogens (primary N) is 1. The van der Waals surface area contributed by atoms with Crippen LogP contribution in [0.4, 0.5) is 5.82 Å². The largest absolute Gasteiger partial charge is 0.390 e. The molecule has 1 aliphatic rings. The van der Waals surface area contributed by atoms with E-state index in [4.69, 9.17) is 15.2 Å². The van der Waals surface area contributed by atoms with Crippen LogP contribution in [0.3, 0.4) is 0 Å². The molecule has 2 rings (SSSR count). The van der Waals surface area contributed by atoms with E-state index in [0.717, 1.165) is 0 Å². The predicted octanol–water partition coefficient (Wildman–Crippen LogP) is 0.715. The molecule has 24 heavy (non-hydrogen) atoms. The Bertz CT molecular complexity index is 643. The van der Waals surface area contributed by atoms with Crippen LogP contribution in [0.1, 0.15) is 27.7 Å². The summed E-state index contributed by atoms with van der Waals surface area (Å²) in [6.45, 7) is 12.2. The van der Waals surface area contributed by atoms with Crippen LogP contribution in [0, 0.1) is 5.92 Å². The molecule has 0 aromatic carbocycles. The van der Waals surface area contributed by atoms with Gasteiger partial charge >= 0.3 is 5.69 Å². The minimum Gasteiger partial charge on any atom is -0.390 e. The van der Waals surface area contributed by atoms with Gasteiger partial charge < -0.3 is 20.3 Å². The molecule has 0 radical (unpaired) electrons. The number of aliphatic hydroxyl groups is 1. The highest BCUT2D eigenvalue weighted by Crippen LogP contribution is 2.42. The molecule has 1 fully saturated rings. The molecule has 0 spiro atoms. The highest BCUT2D eigenvalue weighted by atomic mass is 28.3. The Morgan fingerprint density at radius 3 is 2.62 bits per heavy atom. The van der Waals surface area contributed by atoms with Gasteiger partial charge in [0.25, 0.3) is 0 Å². The molecule has 2 heterocycles. The number of anilines is 1. The minimum absolute atomic E-state index is 0.177. The molecular formula is C16H29N3O4Si. The second kappa shape index (κ2) is 6.59.